The molecule has 0 bridgehead atoms. The Bertz CT molecular complexity index is 580. The summed E-state index contributed by atoms with van der Waals surface area (Å²) in [5.41, 5.74) is 1.29. The Labute approximate surface area is 130 Å². The van der Waals surface area contributed by atoms with Crippen LogP contribution in [0.2, 0.25) is 0 Å². The van der Waals surface area contributed by atoms with Crippen molar-refractivity contribution in [1.29, 1.82) is 5.26 Å². The highest BCUT2D eigenvalue weighted by Crippen LogP contribution is 2.14. The molecule has 0 heterocycles. The van der Waals surface area contributed by atoms with Crippen LogP contribution in [-0.2, 0) is 16.1 Å². The molecule has 0 unspecified atom stereocenters. The number of hydrogen-bond donors (Lipinski definition) is 2. The van der Waals surface area contributed by atoms with Gasteiger partial charge in [0.25, 0.3) is 0 Å². The van der Waals surface area contributed by atoms with Gasteiger partial charge in [-0.25, -0.2) is 4.79 Å². The molecule has 0 spiro atoms. The molecule has 6 nitrogen and oxygen atoms in total. The van der Waals surface area contributed by atoms with E-state index < -0.39 is 18.9 Å². The summed E-state index contributed by atoms with van der Waals surface area (Å²) in [6.45, 7) is -1.58. The van der Waals surface area contributed by atoms with Gasteiger partial charge in [0.1, 0.15) is 0 Å². The van der Waals surface area contributed by atoms with Crippen molar-refractivity contribution in [2.24, 2.45) is 0 Å². The summed E-state index contributed by atoms with van der Waals surface area (Å²) >= 11 is 0. The maximum Gasteiger partial charge on any atom is 0.422 e. The molecule has 0 saturated heterocycles. The monoisotopic (exact) mass is 329 g/mol. The van der Waals surface area contributed by atoms with E-state index >= 15 is 0 Å². The van der Waals surface area contributed by atoms with Gasteiger partial charge in [0.2, 0.25) is 5.91 Å². The first-order chi connectivity index (χ1) is 10.8. The topological polar surface area (TPSA) is 91.2 Å². The van der Waals surface area contributed by atoms with Gasteiger partial charge in [-0.3, -0.25) is 4.79 Å². The molecule has 0 aromatic heterocycles. The van der Waals surface area contributed by atoms with E-state index in [-0.39, 0.29) is 25.4 Å². The largest absolute Gasteiger partial charge is 0.440 e. The Morgan fingerprint density at radius 1 is 1.17 bits per heavy atom. The third kappa shape index (κ3) is 8.31. The maximum absolute atomic E-state index is 11.8. The van der Waals surface area contributed by atoms with Crippen LogP contribution in [0.15, 0.2) is 24.3 Å². The minimum absolute atomic E-state index is 0.0998. The van der Waals surface area contributed by atoms with E-state index in [4.69, 9.17) is 5.26 Å². The average molecular weight is 329 g/mol. The predicted octanol–water partition coefficient (Wildman–Crippen LogP) is 1.85. The van der Waals surface area contributed by atoms with Crippen molar-refractivity contribution in [1.82, 2.24) is 10.6 Å². The molecule has 124 valence electrons. The summed E-state index contributed by atoms with van der Waals surface area (Å²) in [7, 11) is 0. The molecule has 1 aromatic rings. The van der Waals surface area contributed by atoms with Crippen LogP contribution in [0.1, 0.15) is 17.5 Å². The van der Waals surface area contributed by atoms with Crippen molar-refractivity contribution in [3.05, 3.63) is 35.4 Å². The zero-order valence-corrected chi connectivity index (χ0v) is 11.9. The summed E-state index contributed by atoms with van der Waals surface area (Å²) in [4.78, 5) is 22.4. The molecule has 1 aromatic carbocycles. The summed E-state index contributed by atoms with van der Waals surface area (Å²) in [5, 5.41) is 13.3. The van der Waals surface area contributed by atoms with E-state index in [1.807, 2.05) is 11.4 Å². The van der Waals surface area contributed by atoms with E-state index in [0.717, 1.165) is 5.56 Å². The summed E-state index contributed by atoms with van der Waals surface area (Å²) < 4.78 is 39.3. The first kappa shape index (κ1) is 18.3. The Balaban J connectivity index is 2.19. The molecule has 0 saturated carbocycles. The molecule has 23 heavy (non-hydrogen) atoms. The normalized spacial score (nSPS) is 10.5. The number of nitriles is 1. The molecule has 0 aliphatic rings. The lowest BCUT2D eigenvalue weighted by Crippen LogP contribution is -2.32. The van der Waals surface area contributed by atoms with Gasteiger partial charge < -0.3 is 15.4 Å². The zero-order chi connectivity index (χ0) is 17.3. The fraction of sp³-hybridized carbons (Fsp3) is 0.357. The third-order valence-electron chi connectivity index (χ3n) is 2.56. The number of amides is 2. The Hall–Kier alpha value is -2.76. The molecule has 0 aliphatic heterocycles. The van der Waals surface area contributed by atoms with Crippen LogP contribution in [0.5, 0.6) is 0 Å². The van der Waals surface area contributed by atoms with Crippen LogP contribution in [0.25, 0.3) is 0 Å². The number of benzene rings is 1. The summed E-state index contributed by atoms with van der Waals surface area (Å²) in [5.74, 6) is -0.384. The molecule has 0 atom stereocenters. The smallest absolute Gasteiger partial charge is 0.422 e. The van der Waals surface area contributed by atoms with Crippen LogP contribution in [0.4, 0.5) is 18.0 Å². The SMILES string of the molecule is N#Cc1ccc(CNC(=O)CCNC(=O)OCC(F)(F)F)cc1. The second-order valence-corrected chi connectivity index (χ2v) is 4.45. The highest BCUT2D eigenvalue weighted by Gasteiger charge is 2.29. The predicted molar refractivity (Wildman–Crippen MR) is 73.0 cm³/mol. The van der Waals surface area contributed by atoms with Crippen LogP contribution in [0, 0.1) is 11.3 Å². The van der Waals surface area contributed by atoms with Crippen molar-refractivity contribution < 1.29 is 27.5 Å². The third-order valence-corrected chi connectivity index (χ3v) is 2.56. The summed E-state index contributed by atoms with van der Waals surface area (Å²) in [6.07, 6.45) is -5.92. The number of nitrogens with one attached hydrogen (secondary N) is 2. The first-order valence-corrected chi connectivity index (χ1v) is 6.53. The Kier molecular flexibility index (Phi) is 6.86. The van der Waals surface area contributed by atoms with Gasteiger partial charge in [0, 0.05) is 19.5 Å². The van der Waals surface area contributed by atoms with Gasteiger partial charge in [-0.15, -0.1) is 0 Å². The van der Waals surface area contributed by atoms with Gasteiger partial charge in [-0.05, 0) is 17.7 Å². The number of carbonyl (C=O) groups is 2. The van der Waals surface area contributed by atoms with E-state index in [2.05, 4.69) is 10.1 Å². The molecular formula is C14H14F3N3O3. The maximum atomic E-state index is 11.8. The lowest BCUT2D eigenvalue weighted by Gasteiger charge is -2.09. The van der Waals surface area contributed by atoms with E-state index in [0.29, 0.717) is 5.56 Å². The molecule has 2 N–H and O–H groups in total. The van der Waals surface area contributed by atoms with Crippen LogP contribution in [-0.4, -0.2) is 31.3 Å². The Morgan fingerprint density at radius 3 is 2.39 bits per heavy atom. The molecule has 0 fully saturated rings. The highest BCUT2D eigenvalue weighted by atomic mass is 19.4. The quantitative estimate of drug-likeness (QED) is 0.833. The molecule has 9 heteroatoms. The number of nitrogens with zero attached hydrogens (tertiary/aromatic N) is 1. The number of alkyl halides is 3. The first-order valence-electron chi connectivity index (χ1n) is 6.53. The van der Waals surface area contributed by atoms with Crippen molar-refractivity contribution in [3.63, 3.8) is 0 Å². The van der Waals surface area contributed by atoms with Gasteiger partial charge in [0.05, 0.1) is 11.6 Å². The lowest BCUT2D eigenvalue weighted by atomic mass is 10.1. The molecule has 0 aliphatic carbocycles. The van der Waals surface area contributed by atoms with Gasteiger partial charge >= 0.3 is 12.3 Å². The Morgan fingerprint density at radius 2 is 1.83 bits per heavy atom. The van der Waals surface area contributed by atoms with Gasteiger partial charge in [-0.1, -0.05) is 12.1 Å². The molecule has 0 radical (unpaired) electrons. The fourth-order valence-electron chi connectivity index (χ4n) is 1.46. The number of halogens is 3. The van der Waals surface area contributed by atoms with Crippen LogP contribution >= 0.6 is 0 Å². The molecule has 2 amide bonds. The second kappa shape index (κ2) is 8.63. The fourth-order valence-corrected chi connectivity index (χ4v) is 1.46. The van der Waals surface area contributed by atoms with Crippen LogP contribution < -0.4 is 10.6 Å². The number of carbonyl (C=O) groups excluding carboxylic acids is 2. The average Bonchev–Trinajstić information content (AvgIpc) is 2.51. The van der Waals surface area contributed by atoms with Crippen molar-refractivity contribution >= 4 is 12.0 Å². The highest BCUT2D eigenvalue weighted by molar-refractivity contribution is 5.77. The van der Waals surface area contributed by atoms with E-state index in [1.54, 1.807) is 24.3 Å². The lowest BCUT2D eigenvalue weighted by molar-refractivity contribution is -0.160. The van der Waals surface area contributed by atoms with Crippen LogP contribution in [0.3, 0.4) is 0 Å². The van der Waals surface area contributed by atoms with Gasteiger partial charge in [0.15, 0.2) is 6.61 Å². The van der Waals surface area contributed by atoms with Crippen molar-refractivity contribution in [2.75, 3.05) is 13.2 Å². The number of alkyl carbamates (subject to hydrolysis) is 1. The van der Waals surface area contributed by atoms with Gasteiger partial charge in [-0.2, -0.15) is 18.4 Å². The number of rotatable bonds is 6. The number of ether oxygens (including phenoxy) is 1. The van der Waals surface area contributed by atoms with E-state index in [9.17, 15) is 22.8 Å². The van der Waals surface area contributed by atoms with E-state index in [1.165, 1.54) is 0 Å². The summed E-state index contributed by atoms with van der Waals surface area (Å²) in [6, 6.07) is 8.56. The van der Waals surface area contributed by atoms with Crippen molar-refractivity contribution in [3.8, 4) is 6.07 Å². The zero-order valence-electron chi connectivity index (χ0n) is 11.9. The standard InChI is InChI=1S/C14H14F3N3O3/c15-14(16,17)9-23-13(22)19-6-5-12(21)20-8-11-3-1-10(7-18)2-4-11/h1-4H,5-6,8-9H2,(H,19,22)(H,20,21). The second-order valence-electron chi connectivity index (χ2n) is 4.45. The molecule has 1 rings (SSSR count). The number of hydrogen-bond acceptors (Lipinski definition) is 4. The minimum Gasteiger partial charge on any atom is -0.440 e. The van der Waals surface area contributed by atoms with Crippen molar-refractivity contribution in [2.45, 2.75) is 19.1 Å². The molecular weight excluding hydrogens is 315 g/mol. The minimum atomic E-state index is -4.59.